The van der Waals surface area contributed by atoms with E-state index in [0.717, 1.165) is 37.4 Å². The maximum Gasteiger partial charge on any atom is 0.223 e. The first-order chi connectivity index (χ1) is 10.9. The molecule has 1 aromatic rings. The van der Waals surface area contributed by atoms with Gasteiger partial charge in [-0.15, -0.1) is 11.3 Å². The molecule has 23 heavy (non-hydrogen) atoms. The summed E-state index contributed by atoms with van der Waals surface area (Å²) in [6.45, 7) is 6.72. The minimum atomic E-state index is -3.10. The van der Waals surface area contributed by atoms with Gasteiger partial charge in [-0.05, 0) is 6.42 Å². The quantitative estimate of drug-likeness (QED) is 0.794. The maximum atomic E-state index is 12.2. The first-order valence-electron chi connectivity index (χ1n) is 7.83. The third-order valence-corrected chi connectivity index (χ3v) is 6.55. The van der Waals surface area contributed by atoms with Gasteiger partial charge >= 0.3 is 0 Å². The molecule has 0 bridgehead atoms. The fraction of sp³-hybridized carbons (Fsp3) is 0.714. The first-order valence-corrected chi connectivity index (χ1v) is 10.3. The topological polar surface area (TPSA) is 82.6 Å². The predicted molar refractivity (Wildman–Crippen MR) is 92.0 cm³/mol. The van der Waals surface area contributed by atoms with E-state index in [9.17, 15) is 13.2 Å². The van der Waals surface area contributed by atoms with Crippen molar-refractivity contribution in [3.8, 4) is 0 Å². The second-order valence-electron chi connectivity index (χ2n) is 5.66. The van der Waals surface area contributed by atoms with E-state index in [1.807, 2.05) is 6.92 Å². The van der Waals surface area contributed by atoms with Gasteiger partial charge in [-0.3, -0.25) is 9.69 Å². The normalized spacial score (nSPS) is 17.3. The molecule has 1 aliphatic heterocycles. The number of thiazole rings is 1. The number of aromatic nitrogens is 1. The highest BCUT2D eigenvalue weighted by molar-refractivity contribution is 7.89. The minimum absolute atomic E-state index is 0.128. The van der Waals surface area contributed by atoms with Crippen LogP contribution >= 0.6 is 11.3 Å². The zero-order valence-electron chi connectivity index (χ0n) is 13.6. The number of unbranched alkanes of at least 4 members (excludes halogenated alkanes) is 1. The van der Waals surface area contributed by atoms with Crippen LogP contribution in [0.2, 0.25) is 0 Å². The lowest BCUT2D eigenvalue weighted by atomic mass is 10.3. The molecule has 130 valence electrons. The molecule has 2 rings (SSSR count). The molecule has 1 aromatic heterocycles. The van der Waals surface area contributed by atoms with Gasteiger partial charge in [0.05, 0.1) is 5.75 Å². The number of carbonyl (C=O) groups excluding carboxylic acids is 1. The lowest BCUT2D eigenvalue weighted by molar-refractivity contribution is -0.114. The monoisotopic (exact) mass is 360 g/mol. The van der Waals surface area contributed by atoms with Gasteiger partial charge in [-0.1, -0.05) is 13.3 Å². The summed E-state index contributed by atoms with van der Waals surface area (Å²) >= 11 is 1.46. The molecule has 0 atom stereocenters. The largest absolute Gasteiger partial charge is 0.302 e. The number of amides is 1. The van der Waals surface area contributed by atoms with Crippen LogP contribution in [0, 0.1) is 0 Å². The number of piperazine rings is 1. The highest BCUT2D eigenvalue weighted by Crippen LogP contribution is 2.20. The molecule has 2 heterocycles. The van der Waals surface area contributed by atoms with Crippen molar-refractivity contribution in [1.29, 1.82) is 0 Å². The number of anilines is 1. The number of nitrogens with one attached hydrogen (secondary N) is 1. The fourth-order valence-electron chi connectivity index (χ4n) is 2.43. The fourth-order valence-corrected chi connectivity index (χ4v) is 4.96. The summed E-state index contributed by atoms with van der Waals surface area (Å²) < 4.78 is 26.0. The molecule has 0 radical (unpaired) electrons. The van der Waals surface area contributed by atoms with Crippen molar-refractivity contribution in [1.82, 2.24) is 14.2 Å². The summed E-state index contributed by atoms with van der Waals surface area (Å²) in [4.78, 5) is 18.4. The molecule has 7 nitrogen and oxygen atoms in total. The molecule has 1 N–H and O–H groups in total. The average Bonchev–Trinajstić information content (AvgIpc) is 2.92. The first kappa shape index (κ1) is 18.3. The Morgan fingerprint density at radius 3 is 2.65 bits per heavy atom. The van der Waals surface area contributed by atoms with Crippen LogP contribution in [0.4, 0.5) is 5.13 Å². The second kappa shape index (κ2) is 8.18. The van der Waals surface area contributed by atoms with Crippen LogP contribution in [0.25, 0.3) is 0 Å². The van der Waals surface area contributed by atoms with Crippen LogP contribution in [-0.2, 0) is 21.4 Å². The highest BCUT2D eigenvalue weighted by atomic mass is 32.2. The number of carbonyl (C=O) groups is 1. The maximum absolute atomic E-state index is 12.2. The zero-order chi connectivity index (χ0) is 16.9. The Morgan fingerprint density at radius 1 is 1.35 bits per heavy atom. The van der Waals surface area contributed by atoms with Crippen molar-refractivity contribution in [2.75, 3.05) is 37.2 Å². The lowest BCUT2D eigenvalue weighted by Gasteiger charge is -2.33. The summed E-state index contributed by atoms with van der Waals surface area (Å²) in [7, 11) is -3.10. The Hall–Kier alpha value is -1.03. The second-order valence-corrected chi connectivity index (χ2v) is 8.86. The van der Waals surface area contributed by atoms with Gasteiger partial charge in [0.15, 0.2) is 5.13 Å². The van der Waals surface area contributed by atoms with Crippen LogP contribution in [0.1, 0.15) is 31.6 Å². The Morgan fingerprint density at radius 2 is 2.04 bits per heavy atom. The minimum Gasteiger partial charge on any atom is -0.302 e. The van der Waals surface area contributed by atoms with E-state index in [2.05, 4.69) is 15.2 Å². The number of rotatable bonds is 7. The van der Waals surface area contributed by atoms with E-state index in [-0.39, 0.29) is 11.7 Å². The standard InChI is InChI=1S/C14H24N4O3S2/c1-3-4-9-23(20,21)18-7-5-17(6-8-18)11-13-10-15-14(22-13)16-12(2)19/h10H,3-9,11H2,1-2H3,(H,15,16,19). The van der Waals surface area contributed by atoms with Gasteiger partial charge in [0, 0.05) is 50.7 Å². The van der Waals surface area contributed by atoms with E-state index >= 15 is 0 Å². The van der Waals surface area contributed by atoms with Crippen LogP contribution in [0.15, 0.2) is 6.20 Å². The third-order valence-electron chi connectivity index (χ3n) is 3.70. The molecule has 0 saturated carbocycles. The van der Waals surface area contributed by atoms with E-state index in [0.29, 0.717) is 18.2 Å². The van der Waals surface area contributed by atoms with E-state index < -0.39 is 10.0 Å². The summed E-state index contributed by atoms with van der Waals surface area (Å²) in [6, 6.07) is 0. The van der Waals surface area contributed by atoms with Crippen molar-refractivity contribution in [3.63, 3.8) is 0 Å². The molecule has 1 saturated heterocycles. The Balaban J connectivity index is 1.82. The van der Waals surface area contributed by atoms with Crippen molar-refractivity contribution in [2.45, 2.75) is 33.2 Å². The van der Waals surface area contributed by atoms with Gasteiger partial charge in [-0.2, -0.15) is 4.31 Å². The van der Waals surface area contributed by atoms with Crippen molar-refractivity contribution >= 4 is 32.4 Å². The van der Waals surface area contributed by atoms with Crippen LogP contribution < -0.4 is 5.32 Å². The van der Waals surface area contributed by atoms with E-state index in [1.165, 1.54) is 18.3 Å². The van der Waals surface area contributed by atoms with E-state index in [1.54, 1.807) is 10.5 Å². The van der Waals surface area contributed by atoms with Crippen LogP contribution in [0.5, 0.6) is 0 Å². The smallest absolute Gasteiger partial charge is 0.223 e. The van der Waals surface area contributed by atoms with Crippen molar-refractivity contribution < 1.29 is 13.2 Å². The Kier molecular flexibility index (Phi) is 6.51. The number of hydrogen-bond acceptors (Lipinski definition) is 6. The molecule has 1 fully saturated rings. The van der Waals surface area contributed by atoms with Gasteiger partial charge < -0.3 is 5.32 Å². The summed E-state index contributed by atoms with van der Waals surface area (Å²) in [6.07, 6.45) is 3.37. The third kappa shape index (κ3) is 5.52. The Bertz CT molecular complexity index is 622. The van der Waals surface area contributed by atoms with Gasteiger partial charge in [-0.25, -0.2) is 13.4 Å². The molecule has 0 spiro atoms. The summed E-state index contributed by atoms with van der Waals surface area (Å²) in [5.74, 6) is 0.120. The van der Waals surface area contributed by atoms with Crippen LogP contribution in [0.3, 0.4) is 0 Å². The van der Waals surface area contributed by atoms with E-state index in [4.69, 9.17) is 0 Å². The van der Waals surface area contributed by atoms with Gasteiger partial charge in [0.1, 0.15) is 0 Å². The molecule has 0 unspecified atom stereocenters. The zero-order valence-corrected chi connectivity index (χ0v) is 15.3. The Labute approximate surface area is 141 Å². The molecule has 1 amide bonds. The van der Waals surface area contributed by atoms with Gasteiger partial charge in [0.25, 0.3) is 0 Å². The number of hydrogen-bond donors (Lipinski definition) is 1. The molecule has 0 aliphatic carbocycles. The predicted octanol–water partition coefficient (Wildman–Crippen LogP) is 1.35. The van der Waals surface area contributed by atoms with Crippen molar-refractivity contribution in [3.05, 3.63) is 11.1 Å². The SMILES string of the molecule is CCCCS(=O)(=O)N1CCN(Cc2cnc(NC(C)=O)s2)CC1. The molecule has 1 aliphatic rings. The van der Waals surface area contributed by atoms with Crippen molar-refractivity contribution in [2.24, 2.45) is 0 Å². The molecular weight excluding hydrogens is 336 g/mol. The number of nitrogens with zero attached hydrogens (tertiary/aromatic N) is 3. The molecule has 9 heteroatoms. The van der Waals surface area contributed by atoms with Crippen LogP contribution in [-0.4, -0.2) is 60.4 Å². The number of sulfonamides is 1. The summed E-state index contributed by atoms with van der Waals surface area (Å²) in [5, 5.41) is 3.28. The highest BCUT2D eigenvalue weighted by Gasteiger charge is 2.26. The summed E-state index contributed by atoms with van der Waals surface area (Å²) in [5.41, 5.74) is 0. The average molecular weight is 361 g/mol. The molecule has 0 aromatic carbocycles. The van der Waals surface area contributed by atoms with Gasteiger partial charge in [0.2, 0.25) is 15.9 Å². The lowest BCUT2D eigenvalue weighted by Crippen LogP contribution is -2.48. The molecular formula is C14H24N4O3S2.